The van der Waals surface area contributed by atoms with E-state index in [0.29, 0.717) is 0 Å². The fourth-order valence-electron chi connectivity index (χ4n) is 2.47. The molecule has 0 aromatic carbocycles. The molecule has 0 atom stereocenters. The molecule has 0 N–H and O–H groups in total. The average molecular weight is 740 g/mol. The molecule has 0 aliphatic rings. The fourth-order valence-corrected chi connectivity index (χ4v) is 13.7. The van der Waals surface area contributed by atoms with Gasteiger partial charge in [-0.05, 0) is 0 Å². The summed E-state index contributed by atoms with van der Waals surface area (Å²) in [5, 5.41) is -7.66. The van der Waals surface area contributed by atoms with Gasteiger partial charge in [0.15, 0.2) is 0 Å². The van der Waals surface area contributed by atoms with E-state index in [1.165, 1.54) is 0 Å². The van der Waals surface area contributed by atoms with Gasteiger partial charge in [-0.2, -0.15) is 0 Å². The van der Waals surface area contributed by atoms with Crippen molar-refractivity contribution in [2.75, 3.05) is 0 Å². The molecule has 0 spiro atoms. The summed E-state index contributed by atoms with van der Waals surface area (Å²) in [4.78, 5) is 0. The average Bonchev–Trinajstić information content (AvgIpc) is 2.62. The third-order valence-corrected chi connectivity index (χ3v) is 13.7. The predicted octanol–water partition coefficient (Wildman–Crippen LogP) is 8.32. The van der Waals surface area contributed by atoms with Crippen molar-refractivity contribution in [3.05, 3.63) is 0 Å². The van der Waals surface area contributed by atoms with Crippen LogP contribution in [0, 0.1) is 0 Å². The first-order valence-corrected chi connectivity index (χ1v) is 13.6. The number of halogens is 18. The summed E-state index contributed by atoms with van der Waals surface area (Å²) in [6, 6.07) is 0. The molecule has 0 aliphatic heterocycles. The quantitative estimate of drug-likeness (QED) is 0.136. The summed E-state index contributed by atoms with van der Waals surface area (Å²) in [5.74, 6) is -51.8. The van der Waals surface area contributed by atoms with Crippen LogP contribution in [0.15, 0.2) is 0 Å². The Morgan fingerprint density at radius 1 is 0.447 bits per heavy atom. The van der Waals surface area contributed by atoms with Crippen LogP contribution in [-0.4, -0.2) is 62.2 Å². The van der Waals surface area contributed by atoms with Crippen LogP contribution < -0.4 is 0 Å². The van der Waals surface area contributed by atoms with E-state index in [9.17, 15) is 83.1 Å². The van der Waals surface area contributed by atoms with Crippen LogP contribution in [0.5, 0.6) is 0 Å². The summed E-state index contributed by atoms with van der Waals surface area (Å²) < 4.78 is 252. The van der Waals surface area contributed by atoms with Crippen LogP contribution in [-0.2, 0) is 12.6 Å². The molecular weight excluding hydrogens is 722 g/mol. The summed E-state index contributed by atoms with van der Waals surface area (Å²) in [6.07, 6.45) is -7.88. The standard InChI is InChI=1S/C16H18F17IO3S/c1-7(2,3)34(8(4,5)6)37-38(35,36)16(32,33)14(27,28)12(23,24)10(19,20)9(17,18)11(21,22)13(25,26)15(29,30)31/h1-6H3. The van der Waals surface area contributed by atoms with Gasteiger partial charge in [0, 0.05) is 0 Å². The van der Waals surface area contributed by atoms with E-state index in [2.05, 4.69) is 2.51 Å². The molecule has 0 bridgehead atoms. The van der Waals surface area contributed by atoms with Gasteiger partial charge in [-0.1, -0.05) is 0 Å². The molecule has 0 aliphatic carbocycles. The Hall–Kier alpha value is -0.550. The van der Waals surface area contributed by atoms with Gasteiger partial charge < -0.3 is 0 Å². The molecule has 0 radical (unpaired) electrons. The summed E-state index contributed by atoms with van der Waals surface area (Å²) in [5.41, 5.74) is 0. The Morgan fingerprint density at radius 2 is 0.684 bits per heavy atom. The molecule has 0 rings (SSSR count). The molecule has 0 saturated heterocycles. The van der Waals surface area contributed by atoms with Crippen molar-refractivity contribution in [2.45, 2.75) is 95.4 Å². The van der Waals surface area contributed by atoms with Crippen molar-refractivity contribution in [1.29, 1.82) is 0 Å². The first-order valence-electron chi connectivity index (χ1n) is 9.20. The van der Waals surface area contributed by atoms with E-state index in [-0.39, 0.29) is 0 Å². The maximum atomic E-state index is 14.2. The van der Waals surface area contributed by atoms with Crippen LogP contribution in [0.2, 0.25) is 0 Å². The molecule has 0 aromatic heterocycles. The van der Waals surface area contributed by atoms with E-state index in [1.807, 2.05) is 0 Å². The van der Waals surface area contributed by atoms with Crippen LogP contribution in [0.1, 0.15) is 41.5 Å². The molecule has 38 heavy (non-hydrogen) atoms. The Kier molecular flexibility index (Phi) is 9.36. The second-order valence-electron chi connectivity index (χ2n) is 9.36. The van der Waals surface area contributed by atoms with Crippen molar-refractivity contribution in [3.8, 4) is 0 Å². The third kappa shape index (κ3) is 5.38. The normalized spacial score (nSPS) is 17.1. The summed E-state index contributed by atoms with van der Waals surface area (Å²) in [7, 11) is -7.55. The first kappa shape index (κ1) is 37.5. The van der Waals surface area contributed by atoms with E-state index in [1.54, 1.807) is 0 Å². The Bertz CT molecular complexity index is 961. The SMILES string of the molecule is CC(C)(C)I(OS(=O)(=O)C(F)(F)C(F)(F)C(F)(F)C(F)(F)C(F)(F)C(F)(F)C(F)(F)C(F)(F)F)C(C)(C)C. The van der Waals surface area contributed by atoms with Crippen molar-refractivity contribution >= 4 is 30.4 Å². The van der Waals surface area contributed by atoms with Crippen LogP contribution >= 0.6 is 20.2 Å². The van der Waals surface area contributed by atoms with Gasteiger partial charge >= 0.3 is 211 Å². The van der Waals surface area contributed by atoms with Gasteiger partial charge in [-0.15, -0.1) is 0 Å². The first-order chi connectivity index (χ1) is 15.8. The van der Waals surface area contributed by atoms with Crippen LogP contribution in [0.4, 0.5) is 74.6 Å². The third-order valence-electron chi connectivity index (χ3n) is 4.18. The zero-order valence-electron chi connectivity index (χ0n) is 19.4. The van der Waals surface area contributed by atoms with Gasteiger partial charge in [0.25, 0.3) is 0 Å². The molecule has 232 valence electrons. The predicted molar refractivity (Wildman–Crippen MR) is 104 cm³/mol. The zero-order valence-corrected chi connectivity index (χ0v) is 22.4. The number of alkyl halides is 19. The maximum absolute atomic E-state index is 14.2. The van der Waals surface area contributed by atoms with Crippen molar-refractivity contribution in [1.82, 2.24) is 0 Å². The molecule has 0 fully saturated rings. The van der Waals surface area contributed by atoms with Crippen molar-refractivity contribution < 1.29 is 85.6 Å². The van der Waals surface area contributed by atoms with Gasteiger partial charge in [0.2, 0.25) is 0 Å². The van der Waals surface area contributed by atoms with Gasteiger partial charge in [-0.3, -0.25) is 0 Å². The van der Waals surface area contributed by atoms with Gasteiger partial charge in [0.05, 0.1) is 0 Å². The van der Waals surface area contributed by atoms with Gasteiger partial charge in [-0.25, -0.2) is 0 Å². The van der Waals surface area contributed by atoms with E-state index >= 15 is 0 Å². The van der Waals surface area contributed by atoms with E-state index in [4.69, 9.17) is 0 Å². The van der Waals surface area contributed by atoms with Crippen molar-refractivity contribution in [3.63, 3.8) is 0 Å². The van der Waals surface area contributed by atoms with E-state index in [0.717, 1.165) is 41.5 Å². The fraction of sp³-hybridized carbons (Fsp3) is 1.00. The number of rotatable bonds is 9. The molecule has 22 heteroatoms. The molecule has 0 heterocycles. The second-order valence-corrected chi connectivity index (χ2v) is 19.9. The minimum atomic E-state index is -8.87. The Morgan fingerprint density at radius 3 is 0.921 bits per heavy atom. The zero-order chi connectivity index (χ0) is 31.8. The molecular formula is C16H18F17IO3S. The topological polar surface area (TPSA) is 43.4 Å². The van der Waals surface area contributed by atoms with Crippen molar-refractivity contribution in [2.24, 2.45) is 0 Å². The summed E-state index contributed by atoms with van der Waals surface area (Å²) >= 11 is -4.16. The molecule has 0 unspecified atom stereocenters. The summed E-state index contributed by atoms with van der Waals surface area (Å²) in [6.45, 7) is 6.51. The van der Waals surface area contributed by atoms with Gasteiger partial charge in [0.1, 0.15) is 0 Å². The number of hydrogen-bond donors (Lipinski definition) is 0. The molecule has 3 nitrogen and oxygen atoms in total. The molecule has 0 aromatic rings. The molecule has 0 amide bonds. The Balaban J connectivity index is 7.08. The second kappa shape index (κ2) is 9.50. The Labute approximate surface area is 211 Å². The van der Waals surface area contributed by atoms with Crippen LogP contribution in [0.3, 0.4) is 0 Å². The van der Waals surface area contributed by atoms with E-state index < -0.39 is 84.2 Å². The molecule has 0 saturated carbocycles. The number of hydrogen-bond acceptors (Lipinski definition) is 3. The minimum absolute atomic E-state index is 1.08. The monoisotopic (exact) mass is 740 g/mol. The van der Waals surface area contributed by atoms with Crippen LogP contribution in [0.25, 0.3) is 0 Å².